The van der Waals surface area contributed by atoms with E-state index in [2.05, 4.69) is 15.3 Å². The zero-order valence-corrected chi connectivity index (χ0v) is 17.6. The molecule has 1 aliphatic carbocycles. The highest BCUT2D eigenvalue weighted by Crippen LogP contribution is 2.24. The Labute approximate surface area is 172 Å². The van der Waals surface area contributed by atoms with Crippen LogP contribution in [-0.4, -0.2) is 57.7 Å². The molecule has 3 rings (SSSR count). The number of aromatic nitrogens is 2. The smallest absolute Gasteiger partial charge is 0.410 e. The van der Waals surface area contributed by atoms with Gasteiger partial charge in [0.1, 0.15) is 11.7 Å². The number of likely N-dealkylation sites (tertiary alicyclic amines) is 1. The Bertz CT molecular complexity index is 684. The molecule has 2 amide bonds. The molecule has 2 aliphatic rings. The first-order valence-electron chi connectivity index (χ1n) is 10.5. The number of ether oxygens (including phenoxy) is 2. The number of nitrogens with one attached hydrogen (secondary N) is 1. The van der Waals surface area contributed by atoms with Gasteiger partial charge in [-0.15, -0.1) is 0 Å². The molecule has 2 fully saturated rings. The summed E-state index contributed by atoms with van der Waals surface area (Å²) in [5.74, 6) is 0.408. The zero-order chi connectivity index (χ0) is 20.9. The van der Waals surface area contributed by atoms with E-state index < -0.39 is 5.60 Å². The first-order chi connectivity index (χ1) is 13.8. The van der Waals surface area contributed by atoms with E-state index in [0.717, 1.165) is 38.5 Å². The highest BCUT2D eigenvalue weighted by Gasteiger charge is 2.32. The summed E-state index contributed by atoms with van der Waals surface area (Å²) in [4.78, 5) is 34.9. The van der Waals surface area contributed by atoms with Crippen molar-refractivity contribution in [3.8, 4) is 5.88 Å². The van der Waals surface area contributed by atoms with Crippen LogP contribution in [0.15, 0.2) is 18.6 Å². The summed E-state index contributed by atoms with van der Waals surface area (Å²) in [5.41, 5.74) is -0.529. The Morgan fingerprint density at radius 1 is 1.14 bits per heavy atom. The number of amides is 2. The molecule has 160 valence electrons. The Morgan fingerprint density at radius 2 is 1.90 bits per heavy atom. The van der Waals surface area contributed by atoms with Gasteiger partial charge in [-0.1, -0.05) is 0 Å². The van der Waals surface area contributed by atoms with Crippen LogP contribution in [0.3, 0.4) is 0 Å². The van der Waals surface area contributed by atoms with Crippen LogP contribution in [0.2, 0.25) is 0 Å². The number of hydrogen-bond donors (Lipinski definition) is 1. The number of hydrogen-bond acceptors (Lipinski definition) is 6. The van der Waals surface area contributed by atoms with Crippen molar-refractivity contribution >= 4 is 12.0 Å². The first-order valence-corrected chi connectivity index (χ1v) is 10.5. The van der Waals surface area contributed by atoms with E-state index >= 15 is 0 Å². The van der Waals surface area contributed by atoms with Gasteiger partial charge < -0.3 is 19.7 Å². The molecule has 2 heterocycles. The van der Waals surface area contributed by atoms with Crippen LogP contribution >= 0.6 is 0 Å². The minimum Gasteiger partial charge on any atom is -0.473 e. The fourth-order valence-electron chi connectivity index (χ4n) is 3.84. The van der Waals surface area contributed by atoms with E-state index in [1.807, 2.05) is 20.8 Å². The molecule has 8 heteroatoms. The molecule has 0 aromatic carbocycles. The molecule has 0 spiro atoms. The summed E-state index contributed by atoms with van der Waals surface area (Å²) in [5, 5.41) is 3.18. The van der Waals surface area contributed by atoms with Crippen LogP contribution in [0.5, 0.6) is 5.88 Å². The molecule has 1 saturated heterocycles. The van der Waals surface area contributed by atoms with Gasteiger partial charge >= 0.3 is 6.09 Å². The largest absolute Gasteiger partial charge is 0.473 e. The van der Waals surface area contributed by atoms with Crippen LogP contribution in [0.4, 0.5) is 4.79 Å². The van der Waals surface area contributed by atoms with Gasteiger partial charge in [0.05, 0.1) is 12.1 Å². The SMILES string of the molecule is CC(C)(C)OC(=O)N1CCCC(C(=O)NC2CCC(Oc3cnccn3)CC2)C1. The molecule has 1 N–H and O–H groups in total. The Balaban J connectivity index is 1.43. The molecule has 29 heavy (non-hydrogen) atoms. The number of carbonyl (C=O) groups excluding carboxylic acids is 2. The fraction of sp³-hybridized carbons (Fsp3) is 0.714. The van der Waals surface area contributed by atoms with Gasteiger partial charge in [-0.3, -0.25) is 9.78 Å². The number of rotatable bonds is 4. The summed E-state index contributed by atoms with van der Waals surface area (Å²) in [6.07, 6.45) is 9.74. The van der Waals surface area contributed by atoms with E-state index in [9.17, 15) is 9.59 Å². The Hall–Kier alpha value is -2.38. The first kappa shape index (κ1) is 21.3. The molecule has 0 radical (unpaired) electrons. The predicted octanol–water partition coefficient (Wildman–Crippen LogP) is 2.93. The average Bonchev–Trinajstić information content (AvgIpc) is 2.69. The summed E-state index contributed by atoms with van der Waals surface area (Å²) in [6, 6.07) is 0.154. The maximum atomic E-state index is 12.8. The van der Waals surface area contributed by atoms with Gasteiger partial charge in [-0.2, -0.15) is 0 Å². The van der Waals surface area contributed by atoms with Crippen molar-refractivity contribution in [3.05, 3.63) is 18.6 Å². The monoisotopic (exact) mass is 404 g/mol. The average molecular weight is 405 g/mol. The standard InChI is InChI=1S/C21H32N4O4/c1-21(2,3)29-20(27)25-12-4-5-15(14-25)19(26)24-16-6-8-17(9-7-16)28-18-13-22-10-11-23-18/h10-11,13,15-17H,4-9,12,14H2,1-3H3,(H,24,26). The summed E-state index contributed by atoms with van der Waals surface area (Å²) in [6.45, 7) is 6.62. The molecule has 8 nitrogen and oxygen atoms in total. The number of carbonyl (C=O) groups is 2. The summed E-state index contributed by atoms with van der Waals surface area (Å²) >= 11 is 0. The molecule has 1 aromatic heterocycles. The molecular weight excluding hydrogens is 372 g/mol. The molecule has 1 atom stereocenters. The van der Waals surface area contributed by atoms with E-state index in [0.29, 0.717) is 19.0 Å². The summed E-state index contributed by atoms with van der Waals surface area (Å²) < 4.78 is 11.3. The fourth-order valence-corrected chi connectivity index (χ4v) is 3.84. The lowest BCUT2D eigenvalue weighted by atomic mass is 9.91. The van der Waals surface area contributed by atoms with Crippen molar-refractivity contribution in [1.29, 1.82) is 0 Å². The summed E-state index contributed by atoms with van der Waals surface area (Å²) in [7, 11) is 0. The van der Waals surface area contributed by atoms with Crippen LogP contribution in [0, 0.1) is 5.92 Å². The van der Waals surface area contributed by atoms with Crippen LogP contribution in [0.25, 0.3) is 0 Å². The van der Waals surface area contributed by atoms with Gasteiger partial charge in [0, 0.05) is 31.5 Å². The van der Waals surface area contributed by atoms with Crippen LogP contribution in [0.1, 0.15) is 59.3 Å². The predicted molar refractivity (Wildman–Crippen MR) is 107 cm³/mol. The van der Waals surface area contributed by atoms with Gasteiger partial charge in [0.2, 0.25) is 11.8 Å². The third kappa shape index (κ3) is 6.58. The maximum absolute atomic E-state index is 12.8. The van der Waals surface area contributed by atoms with E-state index in [1.165, 1.54) is 0 Å². The van der Waals surface area contributed by atoms with Gasteiger partial charge in [0.15, 0.2) is 0 Å². The number of nitrogens with zero attached hydrogens (tertiary/aromatic N) is 3. The van der Waals surface area contributed by atoms with Crippen molar-refractivity contribution in [2.45, 2.75) is 77.0 Å². The quantitative estimate of drug-likeness (QED) is 0.829. The second-order valence-electron chi connectivity index (χ2n) is 8.91. The minimum absolute atomic E-state index is 0.0385. The third-order valence-electron chi connectivity index (χ3n) is 5.29. The molecule has 0 bridgehead atoms. The molecule has 1 saturated carbocycles. The van der Waals surface area contributed by atoms with Gasteiger partial charge in [0.25, 0.3) is 0 Å². The topological polar surface area (TPSA) is 93.7 Å². The Kier molecular flexibility index (Phi) is 6.92. The zero-order valence-electron chi connectivity index (χ0n) is 17.6. The second-order valence-corrected chi connectivity index (χ2v) is 8.91. The van der Waals surface area contributed by atoms with Crippen LogP contribution < -0.4 is 10.1 Å². The lowest BCUT2D eigenvalue weighted by Crippen LogP contribution is -2.49. The lowest BCUT2D eigenvalue weighted by Gasteiger charge is -2.35. The lowest BCUT2D eigenvalue weighted by molar-refractivity contribution is -0.127. The van der Waals surface area contributed by atoms with Crippen molar-refractivity contribution < 1.29 is 19.1 Å². The van der Waals surface area contributed by atoms with E-state index in [-0.39, 0.29) is 30.1 Å². The highest BCUT2D eigenvalue weighted by atomic mass is 16.6. The van der Waals surface area contributed by atoms with Gasteiger partial charge in [-0.05, 0) is 59.3 Å². The highest BCUT2D eigenvalue weighted by molar-refractivity contribution is 5.80. The minimum atomic E-state index is -0.529. The number of piperidine rings is 1. The van der Waals surface area contributed by atoms with E-state index in [4.69, 9.17) is 9.47 Å². The van der Waals surface area contributed by atoms with Crippen molar-refractivity contribution in [1.82, 2.24) is 20.2 Å². The third-order valence-corrected chi connectivity index (χ3v) is 5.29. The van der Waals surface area contributed by atoms with Crippen molar-refractivity contribution in [3.63, 3.8) is 0 Å². The van der Waals surface area contributed by atoms with Crippen molar-refractivity contribution in [2.24, 2.45) is 5.92 Å². The van der Waals surface area contributed by atoms with E-state index in [1.54, 1.807) is 23.5 Å². The second kappa shape index (κ2) is 9.41. The van der Waals surface area contributed by atoms with Gasteiger partial charge in [-0.25, -0.2) is 9.78 Å². The molecular formula is C21H32N4O4. The maximum Gasteiger partial charge on any atom is 0.410 e. The molecule has 1 aliphatic heterocycles. The molecule has 1 unspecified atom stereocenters. The normalized spacial score (nSPS) is 25.2. The Morgan fingerprint density at radius 3 is 2.55 bits per heavy atom. The van der Waals surface area contributed by atoms with Crippen molar-refractivity contribution in [2.75, 3.05) is 13.1 Å². The molecule has 1 aromatic rings. The van der Waals surface area contributed by atoms with Crippen LogP contribution in [-0.2, 0) is 9.53 Å².